The lowest BCUT2D eigenvalue weighted by atomic mass is 9.99. The molecule has 3 N–H and O–H groups in total. The van der Waals surface area contributed by atoms with Gasteiger partial charge in [-0.15, -0.1) is 0 Å². The summed E-state index contributed by atoms with van der Waals surface area (Å²) in [5.41, 5.74) is 6.16. The molecule has 0 bridgehead atoms. The number of piperidine rings is 1. The van der Waals surface area contributed by atoms with Gasteiger partial charge in [-0.2, -0.15) is 5.10 Å². The standard InChI is InChI=1S/C31H35N3O3/c1-2-29-30(23-8-12-26(35)13-9-23)33-34(31(29)24-10-14-27(36)15-11-24)21-22-6-16-28(17-7-22)37-20-18-25-5-3-4-19-32-25/h6-17,25,32,35-36H,2-5,18-21H2,1H3. The predicted molar refractivity (Wildman–Crippen MR) is 147 cm³/mol. The number of nitrogens with one attached hydrogen (secondary N) is 1. The average molecular weight is 498 g/mol. The molecule has 0 radical (unpaired) electrons. The first kappa shape index (κ1) is 24.9. The number of aromatic nitrogens is 2. The molecule has 1 aliphatic rings. The van der Waals surface area contributed by atoms with Gasteiger partial charge in [0.2, 0.25) is 0 Å². The molecule has 4 aromatic rings. The molecule has 37 heavy (non-hydrogen) atoms. The minimum Gasteiger partial charge on any atom is -0.508 e. The predicted octanol–water partition coefficient (Wildman–Crippen LogP) is 6.15. The van der Waals surface area contributed by atoms with Crippen LogP contribution in [0.5, 0.6) is 17.2 Å². The lowest BCUT2D eigenvalue weighted by molar-refractivity contribution is 0.268. The molecule has 1 aliphatic heterocycles. The molecule has 1 aromatic heterocycles. The summed E-state index contributed by atoms with van der Waals surface area (Å²) in [7, 11) is 0. The van der Waals surface area contributed by atoms with Gasteiger partial charge in [0.05, 0.1) is 24.5 Å². The van der Waals surface area contributed by atoms with Gasteiger partial charge in [-0.05, 0) is 98.5 Å². The van der Waals surface area contributed by atoms with Crippen LogP contribution in [0.3, 0.4) is 0 Å². The summed E-state index contributed by atoms with van der Waals surface area (Å²) < 4.78 is 8.06. The maximum atomic E-state index is 9.84. The first-order valence-electron chi connectivity index (χ1n) is 13.2. The molecule has 0 aliphatic carbocycles. The van der Waals surface area contributed by atoms with E-state index in [0.717, 1.165) is 65.4 Å². The van der Waals surface area contributed by atoms with E-state index in [4.69, 9.17) is 9.84 Å². The van der Waals surface area contributed by atoms with Crippen molar-refractivity contribution in [2.24, 2.45) is 0 Å². The molecule has 0 saturated carbocycles. The SMILES string of the molecule is CCc1c(-c2ccc(O)cc2)nn(Cc2ccc(OCCC3CCCCN3)cc2)c1-c1ccc(O)cc1. The van der Waals surface area contributed by atoms with Crippen LogP contribution >= 0.6 is 0 Å². The van der Waals surface area contributed by atoms with Gasteiger partial charge >= 0.3 is 0 Å². The summed E-state index contributed by atoms with van der Waals surface area (Å²) in [5.74, 6) is 1.36. The molecule has 0 spiro atoms. The second-order valence-corrected chi connectivity index (χ2v) is 9.71. The summed E-state index contributed by atoms with van der Waals surface area (Å²) in [5, 5.41) is 28.2. The van der Waals surface area contributed by atoms with Crippen molar-refractivity contribution in [1.29, 1.82) is 0 Å². The number of phenols is 2. The van der Waals surface area contributed by atoms with Gasteiger partial charge in [0.1, 0.15) is 17.2 Å². The zero-order valence-electron chi connectivity index (χ0n) is 21.4. The van der Waals surface area contributed by atoms with Crippen LogP contribution in [0.25, 0.3) is 22.5 Å². The minimum atomic E-state index is 0.234. The highest BCUT2D eigenvalue weighted by atomic mass is 16.5. The number of phenolic OH excluding ortho intramolecular Hbond substituents is 2. The van der Waals surface area contributed by atoms with Crippen LogP contribution < -0.4 is 10.1 Å². The normalized spacial score (nSPS) is 15.5. The van der Waals surface area contributed by atoms with E-state index in [2.05, 4.69) is 24.4 Å². The van der Waals surface area contributed by atoms with Crippen molar-refractivity contribution in [2.45, 2.75) is 51.6 Å². The first-order chi connectivity index (χ1) is 18.1. The van der Waals surface area contributed by atoms with Crippen molar-refractivity contribution < 1.29 is 14.9 Å². The number of benzene rings is 3. The third kappa shape index (κ3) is 5.97. The van der Waals surface area contributed by atoms with Crippen molar-refractivity contribution >= 4 is 0 Å². The summed E-state index contributed by atoms with van der Waals surface area (Å²) in [6, 6.07) is 23.3. The zero-order valence-corrected chi connectivity index (χ0v) is 21.4. The Labute approximate surface area is 218 Å². The molecule has 2 heterocycles. The number of ether oxygens (including phenoxy) is 1. The molecule has 192 valence electrons. The highest BCUT2D eigenvalue weighted by Crippen LogP contribution is 2.34. The Bertz CT molecular complexity index is 1290. The highest BCUT2D eigenvalue weighted by Gasteiger charge is 2.20. The Kier molecular flexibility index (Phi) is 7.76. The summed E-state index contributed by atoms with van der Waals surface area (Å²) in [4.78, 5) is 0. The Morgan fingerprint density at radius 2 is 1.57 bits per heavy atom. The molecule has 1 fully saturated rings. The molecule has 0 amide bonds. The Balaban J connectivity index is 1.38. The van der Waals surface area contributed by atoms with Crippen molar-refractivity contribution in [1.82, 2.24) is 15.1 Å². The molecule has 1 atom stereocenters. The van der Waals surface area contributed by atoms with Crippen LogP contribution in [-0.4, -0.2) is 39.2 Å². The van der Waals surface area contributed by atoms with E-state index in [1.54, 1.807) is 24.3 Å². The zero-order chi connectivity index (χ0) is 25.6. The van der Waals surface area contributed by atoms with Crippen LogP contribution in [-0.2, 0) is 13.0 Å². The quantitative estimate of drug-likeness (QED) is 0.258. The smallest absolute Gasteiger partial charge is 0.119 e. The van der Waals surface area contributed by atoms with Gasteiger partial charge in [-0.3, -0.25) is 4.68 Å². The minimum absolute atomic E-state index is 0.234. The van der Waals surface area contributed by atoms with Crippen LogP contribution in [0, 0.1) is 0 Å². The highest BCUT2D eigenvalue weighted by molar-refractivity contribution is 5.75. The maximum Gasteiger partial charge on any atom is 0.119 e. The fraction of sp³-hybridized carbons (Fsp3) is 0.323. The molecular formula is C31H35N3O3. The van der Waals surface area contributed by atoms with E-state index in [-0.39, 0.29) is 11.5 Å². The number of hydrogen-bond donors (Lipinski definition) is 3. The lowest BCUT2D eigenvalue weighted by Gasteiger charge is -2.23. The van der Waals surface area contributed by atoms with Crippen molar-refractivity contribution in [2.75, 3.05) is 13.2 Å². The Morgan fingerprint density at radius 3 is 2.19 bits per heavy atom. The van der Waals surface area contributed by atoms with Crippen molar-refractivity contribution in [3.05, 3.63) is 83.9 Å². The fourth-order valence-corrected chi connectivity index (χ4v) is 5.10. The number of aromatic hydroxyl groups is 2. The van der Waals surface area contributed by atoms with Gasteiger partial charge in [0.25, 0.3) is 0 Å². The van der Waals surface area contributed by atoms with E-state index in [9.17, 15) is 10.2 Å². The van der Waals surface area contributed by atoms with Crippen LogP contribution in [0.1, 0.15) is 43.7 Å². The van der Waals surface area contributed by atoms with Gasteiger partial charge in [-0.1, -0.05) is 25.5 Å². The van der Waals surface area contributed by atoms with Crippen LogP contribution in [0.15, 0.2) is 72.8 Å². The topological polar surface area (TPSA) is 79.5 Å². The second-order valence-electron chi connectivity index (χ2n) is 9.71. The van der Waals surface area contributed by atoms with Gasteiger partial charge < -0.3 is 20.3 Å². The van der Waals surface area contributed by atoms with Crippen LogP contribution in [0.4, 0.5) is 0 Å². The average Bonchev–Trinajstić information content (AvgIpc) is 3.29. The van der Waals surface area contributed by atoms with E-state index in [0.29, 0.717) is 12.6 Å². The van der Waals surface area contributed by atoms with Gasteiger partial charge in [0, 0.05) is 22.7 Å². The molecule has 1 saturated heterocycles. The Hall–Kier alpha value is -3.77. The van der Waals surface area contributed by atoms with E-state index in [1.807, 2.05) is 41.1 Å². The molecular weight excluding hydrogens is 462 g/mol. The molecule has 1 unspecified atom stereocenters. The summed E-state index contributed by atoms with van der Waals surface area (Å²) in [6.07, 6.45) is 5.65. The molecule has 5 rings (SSSR count). The maximum absolute atomic E-state index is 9.84. The molecule has 6 heteroatoms. The third-order valence-corrected chi connectivity index (χ3v) is 7.09. The van der Waals surface area contributed by atoms with Gasteiger partial charge in [0.15, 0.2) is 0 Å². The summed E-state index contributed by atoms with van der Waals surface area (Å²) >= 11 is 0. The fourth-order valence-electron chi connectivity index (χ4n) is 5.10. The largest absolute Gasteiger partial charge is 0.508 e. The molecule has 3 aromatic carbocycles. The Morgan fingerprint density at radius 1 is 0.892 bits per heavy atom. The van der Waals surface area contributed by atoms with Crippen molar-refractivity contribution in [3.63, 3.8) is 0 Å². The van der Waals surface area contributed by atoms with E-state index < -0.39 is 0 Å². The monoisotopic (exact) mass is 497 g/mol. The van der Waals surface area contributed by atoms with Crippen LogP contribution in [0.2, 0.25) is 0 Å². The third-order valence-electron chi connectivity index (χ3n) is 7.09. The van der Waals surface area contributed by atoms with Crippen molar-refractivity contribution in [3.8, 4) is 39.8 Å². The van der Waals surface area contributed by atoms with Gasteiger partial charge in [-0.25, -0.2) is 0 Å². The lowest BCUT2D eigenvalue weighted by Crippen LogP contribution is -2.35. The number of rotatable bonds is 9. The first-order valence-corrected chi connectivity index (χ1v) is 13.2. The van der Waals surface area contributed by atoms with E-state index >= 15 is 0 Å². The number of nitrogens with zero attached hydrogens (tertiary/aromatic N) is 2. The molecule has 6 nitrogen and oxygen atoms in total. The van der Waals surface area contributed by atoms with E-state index in [1.165, 1.54) is 19.3 Å². The second kappa shape index (κ2) is 11.5. The number of hydrogen-bond acceptors (Lipinski definition) is 5. The summed E-state index contributed by atoms with van der Waals surface area (Å²) in [6.45, 7) is 4.57.